The predicted molar refractivity (Wildman–Crippen MR) is 77.8 cm³/mol. The Hall–Kier alpha value is -1.74. The molecule has 0 spiro atoms. The number of likely N-dealkylation sites (tertiary alicyclic amines) is 1. The summed E-state index contributed by atoms with van der Waals surface area (Å²) in [5.41, 5.74) is 0.889. The molecule has 0 saturated carbocycles. The van der Waals surface area contributed by atoms with Gasteiger partial charge in [-0.25, -0.2) is 0 Å². The van der Waals surface area contributed by atoms with Crippen molar-refractivity contribution < 1.29 is 9.21 Å². The number of nitrogens with zero attached hydrogens (tertiary/aromatic N) is 1. The summed E-state index contributed by atoms with van der Waals surface area (Å²) >= 11 is 6.10. The largest absolute Gasteiger partial charge is 0.469 e. The summed E-state index contributed by atoms with van der Waals surface area (Å²) in [5.74, 6) is 1.42. The molecular formula is C16H16ClNO2. The third-order valence-electron chi connectivity index (χ3n) is 3.79. The molecule has 1 amide bonds. The van der Waals surface area contributed by atoms with E-state index in [4.69, 9.17) is 16.0 Å². The average molecular weight is 290 g/mol. The van der Waals surface area contributed by atoms with E-state index in [1.807, 2.05) is 41.3 Å². The second-order valence-corrected chi connectivity index (χ2v) is 5.52. The van der Waals surface area contributed by atoms with Crippen LogP contribution in [0.1, 0.15) is 23.7 Å². The number of amides is 1. The smallest absolute Gasteiger partial charge is 0.227 e. The first-order valence-electron chi connectivity index (χ1n) is 6.78. The number of hydrogen-bond donors (Lipinski definition) is 0. The quantitative estimate of drug-likeness (QED) is 0.866. The zero-order valence-corrected chi connectivity index (χ0v) is 11.8. The molecule has 4 heteroatoms. The topological polar surface area (TPSA) is 33.5 Å². The van der Waals surface area contributed by atoms with Crippen molar-refractivity contribution in [2.24, 2.45) is 0 Å². The van der Waals surface area contributed by atoms with Gasteiger partial charge in [-0.05, 0) is 30.2 Å². The highest BCUT2D eigenvalue weighted by Crippen LogP contribution is 2.28. The number of rotatable bonds is 3. The first-order chi connectivity index (χ1) is 9.74. The molecule has 3 nitrogen and oxygen atoms in total. The molecule has 2 heterocycles. The number of carbonyl (C=O) groups excluding carboxylic acids is 1. The zero-order valence-electron chi connectivity index (χ0n) is 11.1. The standard InChI is InChI=1S/C16H16ClNO2/c17-14-5-2-1-4-12(14)10-16(19)18-8-7-13(11-18)15-6-3-9-20-15/h1-6,9,13H,7-8,10-11H2. The Morgan fingerprint density at radius 1 is 1.30 bits per heavy atom. The van der Waals surface area contributed by atoms with Crippen LogP contribution in [-0.4, -0.2) is 23.9 Å². The van der Waals surface area contributed by atoms with Crippen molar-refractivity contribution in [1.82, 2.24) is 4.90 Å². The Morgan fingerprint density at radius 3 is 2.90 bits per heavy atom. The first-order valence-corrected chi connectivity index (χ1v) is 7.16. The number of benzene rings is 1. The monoisotopic (exact) mass is 289 g/mol. The van der Waals surface area contributed by atoms with E-state index in [2.05, 4.69) is 0 Å². The second kappa shape index (κ2) is 5.71. The van der Waals surface area contributed by atoms with Crippen LogP contribution in [0.25, 0.3) is 0 Å². The Morgan fingerprint density at radius 2 is 2.15 bits per heavy atom. The van der Waals surface area contributed by atoms with E-state index in [-0.39, 0.29) is 5.91 Å². The minimum atomic E-state index is 0.132. The number of furan rings is 1. The summed E-state index contributed by atoms with van der Waals surface area (Å²) in [6.45, 7) is 1.52. The van der Waals surface area contributed by atoms with Crippen LogP contribution in [0.15, 0.2) is 47.1 Å². The normalized spacial score (nSPS) is 18.4. The molecule has 1 aromatic heterocycles. The minimum absolute atomic E-state index is 0.132. The molecule has 3 rings (SSSR count). The molecule has 0 bridgehead atoms. The minimum Gasteiger partial charge on any atom is -0.469 e. The average Bonchev–Trinajstić information content (AvgIpc) is 3.11. The van der Waals surface area contributed by atoms with E-state index in [1.54, 1.807) is 6.26 Å². The summed E-state index contributed by atoms with van der Waals surface area (Å²) in [7, 11) is 0. The van der Waals surface area contributed by atoms with E-state index in [0.29, 0.717) is 17.4 Å². The van der Waals surface area contributed by atoms with Crippen LogP contribution >= 0.6 is 11.6 Å². The van der Waals surface area contributed by atoms with Gasteiger partial charge in [0, 0.05) is 24.0 Å². The molecule has 1 saturated heterocycles. The molecule has 104 valence electrons. The van der Waals surface area contributed by atoms with Crippen molar-refractivity contribution in [3.8, 4) is 0 Å². The van der Waals surface area contributed by atoms with Crippen LogP contribution in [0, 0.1) is 0 Å². The Bertz CT molecular complexity index is 594. The van der Waals surface area contributed by atoms with E-state index in [1.165, 1.54) is 0 Å². The van der Waals surface area contributed by atoms with Gasteiger partial charge >= 0.3 is 0 Å². The summed E-state index contributed by atoms with van der Waals surface area (Å²) < 4.78 is 5.42. The van der Waals surface area contributed by atoms with E-state index < -0.39 is 0 Å². The van der Waals surface area contributed by atoms with Crippen LogP contribution in [-0.2, 0) is 11.2 Å². The molecule has 20 heavy (non-hydrogen) atoms. The fourth-order valence-corrected chi connectivity index (χ4v) is 2.86. The number of hydrogen-bond acceptors (Lipinski definition) is 2. The van der Waals surface area contributed by atoms with Crippen molar-refractivity contribution in [2.75, 3.05) is 13.1 Å². The van der Waals surface area contributed by atoms with E-state index in [9.17, 15) is 4.79 Å². The van der Waals surface area contributed by atoms with Gasteiger partial charge in [-0.3, -0.25) is 4.79 Å². The Kier molecular flexibility index (Phi) is 3.79. The van der Waals surface area contributed by atoms with Crippen molar-refractivity contribution in [3.05, 3.63) is 59.0 Å². The first kappa shape index (κ1) is 13.3. The predicted octanol–water partition coefficient (Wildman–Crippen LogP) is 3.49. The summed E-state index contributed by atoms with van der Waals surface area (Å²) in [5, 5.41) is 0.655. The maximum atomic E-state index is 12.3. The summed E-state index contributed by atoms with van der Waals surface area (Å²) in [6, 6.07) is 11.4. The molecule has 1 atom stereocenters. The van der Waals surface area contributed by atoms with E-state index >= 15 is 0 Å². The van der Waals surface area contributed by atoms with Gasteiger partial charge < -0.3 is 9.32 Å². The van der Waals surface area contributed by atoms with Crippen LogP contribution in [0.5, 0.6) is 0 Å². The highest BCUT2D eigenvalue weighted by Gasteiger charge is 2.28. The third-order valence-corrected chi connectivity index (χ3v) is 4.15. The lowest BCUT2D eigenvalue weighted by Gasteiger charge is -2.16. The third kappa shape index (κ3) is 2.73. The van der Waals surface area contributed by atoms with Crippen LogP contribution in [0.2, 0.25) is 5.02 Å². The molecule has 0 aliphatic carbocycles. The molecule has 1 unspecified atom stereocenters. The second-order valence-electron chi connectivity index (χ2n) is 5.11. The molecule has 1 aliphatic rings. The highest BCUT2D eigenvalue weighted by molar-refractivity contribution is 6.31. The van der Waals surface area contributed by atoms with Gasteiger partial charge in [0.25, 0.3) is 0 Å². The molecule has 1 aromatic carbocycles. The van der Waals surface area contributed by atoms with Crippen molar-refractivity contribution in [3.63, 3.8) is 0 Å². The van der Waals surface area contributed by atoms with Crippen LogP contribution in [0.3, 0.4) is 0 Å². The van der Waals surface area contributed by atoms with Crippen LogP contribution < -0.4 is 0 Å². The fourth-order valence-electron chi connectivity index (χ4n) is 2.66. The van der Waals surface area contributed by atoms with E-state index in [0.717, 1.165) is 30.8 Å². The lowest BCUT2D eigenvalue weighted by molar-refractivity contribution is -0.129. The van der Waals surface area contributed by atoms with Crippen molar-refractivity contribution in [1.29, 1.82) is 0 Å². The molecule has 1 fully saturated rings. The molecule has 1 aliphatic heterocycles. The van der Waals surface area contributed by atoms with Gasteiger partial charge in [0.15, 0.2) is 0 Å². The molecule has 0 radical (unpaired) electrons. The van der Waals surface area contributed by atoms with Crippen molar-refractivity contribution >= 4 is 17.5 Å². The Balaban J connectivity index is 1.63. The summed E-state index contributed by atoms with van der Waals surface area (Å²) in [4.78, 5) is 14.2. The lowest BCUT2D eigenvalue weighted by atomic mass is 10.1. The maximum absolute atomic E-state index is 12.3. The fraction of sp³-hybridized carbons (Fsp3) is 0.312. The number of halogens is 1. The maximum Gasteiger partial charge on any atom is 0.227 e. The van der Waals surface area contributed by atoms with Gasteiger partial charge in [0.05, 0.1) is 12.7 Å². The SMILES string of the molecule is O=C(Cc1ccccc1Cl)N1CCC(c2ccco2)C1. The number of carbonyl (C=O) groups is 1. The van der Waals surface area contributed by atoms with Crippen LogP contribution in [0.4, 0.5) is 0 Å². The van der Waals surface area contributed by atoms with Gasteiger partial charge in [-0.2, -0.15) is 0 Å². The van der Waals surface area contributed by atoms with Crippen molar-refractivity contribution in [2.45, 2.75) is 18.8 Å². The zero-order chi connectivity index (χ0) is 13.9. The van der Waals surface area contributed by atoms with Gasteiger partial charge in [-0.1, -0.05) is 29.8 Å². The molecule has 2 aromatic rings. The van der Waals surface area contributed by atoms with Gasteiger partial charge in [0.2, 0.25) is 5.91 Å². The van der Waals surface area contributed by atoms with Gasteiger partial charge in [0.1, 0.15) is 5.76 Å². The highest BCUT2D eigenvalue weighted by atomic mass is 35.5. The lowest BCUT2D eigenvalue weighted by Crippen LogP contribution is -2.29. The molecule has 0 N–H and O–H groups in total. The van der Waals surface area contributed by atoms with Gasteiger partial charge in [-0.15, -0.1) is 0 Å². The summed E-state index contributed by atoms with van der Waals surface area (Å²) in [6.07, 6.45) is 3.01. The Labute approximate surface area is 123 Å². The molecular weight excluding hydrogens is 274 g/mol.